The van der Waals surface area contributed by atoms with Crippen LogP contribution >= 0.6 is 11.8 Å². The molecule has 0 saturated heterocycles. The lowest BCUT2D eigenvalue weighted by Gasteiger charge is -2.13. The molecule has 18 heavy (non-hydrogen) atoms. The fourth-order valence-corrected chi connectivity index (χ4v) is 2.52. The zero-order chi connectivity index (χ0) is 12.6. The Labute approximate surface area is 113 Å². The van der Waals surface area contributed by atoms with Gasteiger partial charge < -0.3 is 5.32 Å². The van der Waals surface area contributed by atoms with Gasteiger partial charge in [-0.1, -0.05) is 24.3 Å². The second kappa shape index (κ2) is 7.19. The third-order valence-electron chi connectivity index (χ3n) is 2.75. The van der Waals surface area contributed by atoms with E-state index in [2.05, 4.69) is 47.6 Å². The number of benzene rings is 1. The van der Waals surface area contributed by atoms with Gasteiger partial charge in [-0.2, -0.15) is 0 Å². The summed E-state index contributed by atoms with van der Waals surface area (Å²) < 4.78 is 0. The van der Waals surface area contributed by atoms with Crippen LogP contribution < -0.4 is 5.32 Å². The Balaban J connectivity index is 1.70. The Morgan fingerprint density at radius 2 is 2.00 bits per heavy atom. The lowest BCUT2D eigenvalue weighted by Crippen LogP contribution is -2.21. The van der Waals surface area contributed by atoms with Gasteiger partial charge in [0, 0.05) is 35.6 Å². The van der Waals surface area contributed by atoms with Crippen molar-refractivity contribution in [3.8, 4) is 0 Å². The molecule has 2 rings (SSSR count). The highest BCUT2D eigenvalue weighted by atomic mass is 32.2. The summed E-state index contributed by atoms with van der Waals surface area (Å²) in [5.41, 5.74) is 1.24. The topological polar surface area (TPSA) is 24.9 Å². The van der Waals surface area contributed by atoms with Crippen molar-refractivity contribution in [3.63, 3.8) is 0 Å². The molecule has 1 atom stereocenters. The van der Waals surface area contributed by atoms with E-state index in [-0.39, 0.29) is 0 Å². The highest BCUT2D eigenvalue weighted by Gasteiger charge is 2.03. The molecular formula is C15H18N2S. The summed E-state index contributed by atoms with van der Waals surface area (Å²) in [5, 5.41) is 3.51. The van der Waals surface area contributed by atoms with E-state index < -0.39 is 0 Å². The Hall–Kier alpha value is -1.32. The number of rotatable bonds is 6. The molecular weight excluding hydrogens is 240 g/mol. The second-order valence-electron chi connectivity index (χ2n) is 4.12. The summed E-state index contributed by atoms with van der Waals surface area (Å²) in [6, 6.07) is 14.9. The molecule has 1 N–H and O–H groups in total. The normalized spacial score (nSPS) is 12.3. The number of hydrogen-bond acceptors (Lipinski definition) is 3. The molecule has 1 aromatic carbocycles. The van der Waals surface area contributed by atoms with Crippen molar-refractivity contribution in [2.75, 3.05) is 12.3 Å². The summed E-state index contributed by atoms with van der Waals surface area (Å²) in [6.45, 7) is 3.17. The van der Waals surface area contributed by atoms with Crippen LogP contribution in [0.3, 0.4) is 0 Å². The predicted octanol–water partition coefficient (Wildman–Crippen LogP) is 3.52. The summed E-state index contributed by atoms with van der Waals surface area (Å²) in [5.74, 6) is 1.08. The molecule has 0 bridgehead atoms. The van der Waals surface area contributed by atoms with E-state index in [1.54, 1.807) is 0 Å². The van der Waals surface area contributed by atoms with Crippen molar-refractivity contribution >= 4 is 11.8 Å². The first-order valence-electron chi connectivity index (χ1n) is 6.17. The summed E-state index contributed by atoms with van der Waals surface area (Å²) in [6.07, 6.45) is 3.73. The van der Waals surface area contributed by atoms with Crippen LogP contribution in [0.5, 0.6) is 0 Å². The summed E-state index contributed by atoms with van der Waals surface area (Å²) >= 11 is 1.88. The first-order valence-corrected chi connectivity index (χ1v) is 7.16. The fraction of sp³-hybridized carbons (Fsp3) is 0.267. The average Bonchev–Trinajstić information content (AvgIpc) is 2.45. The Morgan fingerprint density at radius 1 is 1.17 bits per heavy atom. The van der Waals surface area contributed by atoms with Gasteiger partial charge in [0.25, 0.3) is 0 Å². The Kier molecular flexibility index (Phi) is 5.24. The number of pyridine rings is 1. The van der Waals surface area contributed by atoms with Crippen LogP contribution in [-0.2, 0) is 0 Å². The van der Waals surface area contributed by atoms with Gasteiger partial charge in [-0.05, 0) is 30.7 Å². The van der Waals surface area contributed by atoms with Crippen LogP contribution in [0.1, 0.15) is 18.5 Å². The quantitative estimate of drug-likeness (QED) is 0.634. The molecule has 0 amide bonds. The van der Waals surface area contributed by atoms with E-state index in [1.807, 2.05) is 36.3 Å². The highest BCUT2D eigenvalue weighted by molar-refractivity contribution is 7.99. The molecule has 0 aliphatic carbocycles. The number of hydrogen-bond donors (Lipinski definition) is 1. The van der Waals surface area contributed by atoms with Crippen LogP contribution in [0.15, 0.2) is 59.8 Å². The standard InChI is InChI=1S/C15H18N2S/c1-13(14-6-5-9-16-12-14)17-10-11-18-15-7-3-2-4-8-15/h2-9,12-13,17H,10-11H2,1H3. The summed E-state index contributed by atoms with van der Waals surface area (Å²) in [7, 11) is 0. The van der Waals surface area contributed by atoms with E-state index in [1.165, 1.54) is 10.5 Å². The van der Waals surface area contributed by atoms with E-state index in [0.717, 1.165) is 12.3 Å². The third kappa shape index (κ3) is 4.17. The lowest BCUT2D eigenvalue weighted by molar-refractivity contribution is 0.599. The second-order valence-corrected chi connectivity index (χ2v) is 5.29. The SMILES string of the molecule is CC(NCCSc1ccccc1)c1cccnc1. The molecule has 2 nitrogen and oxygen atoms in total. The van der Waals surface area contributed by atoms with Crippen LogP contribution in [0.25, 0.3) is 0 Å². The van der Waals surface area contributed by atoms with Crippen molar-refractivity contribution in [1.82, 2.24) is 10.3 Å². The zero-order valence-corrected chi connectivity index (χ0v) is 11.4. The maximum absolute atomic E-state index is 4.14. The van der Waals surface area contributed by atoms with Crippen molar-refractivity contribution < 1.29 is 0 Å². The van der Waals surface area contributed by atoms with Gasteiger partial charge in [0.05, 0.1) is 0 Å². The lowest BCUT2D eigenvalue weighted by atomic mass is 10.1. The van der Waals surface area contributed by atoms with Gasteiger partial charge in [-0.15, -0.1) is 11.8 Å². The van der Waals surface area contributed by atoms with Crippen molar-refractivity contribution in [3.05, 3.63) is 60.4 Å². The van der Waals surface area contributed by atoms with Gasteiger partial charge in [0.1, 0.15) is 0 Å². The maximum atomic E-state index is 4.14. The first kappa shape index (κ1) is 13.1. The fourth-order valence-electron chi connectivity index (χ4n) is 1.71. The van der Waals surface area contributed by atoms with Gasteiger partial charge in [0.2, 0.25) is 0 Å². The van der Waals surface area contributed by atoms with E-state index in [4.69, 9.17) is 0 Å². The minimum Gasteiger partial charge on any atom is -0.309 e. The molecule has 0 aliphatic rings. The van der Waals surface area contributed by atoms with Gasteiger partial charge >= 0.3 is 0 Å². The van der Waals surface area contributed by atoms with Crippen LogP contribution in [-0.4, -0.2) is 17.3 Å². The Morgan fingerprint density at radius 3 is 2.72 bits per heavy atom. The van der Waals surface area contributed by atoms with Gasteiger partial charge in [0.15, 0.2) is 0 Å². The number of nitrogens with one attached hydrogen (secondary N) is 1. The minimum absolute atomic E-state index is 0.357. The molecule has 0 aliphatic heterocycles. The smallest absolute Gasteiger partial charge is 0.0315 e. The molecule has 1 aromatic heterocycles. The van der Waals surface area contributed by atoms with Crippen molar-refractivity contribution in [1.29, 1.82) is 0 Å². The highest BCUT2D eigenvalue weighted by Crippen LogP contribution is 2.16. The molecule has 2 aromatic rings. The molecule has 0 fully saturated rings. The third-order valence-corrected chi connectivity index (χ3v) is 3.76. The maximum Gasteiger partial charge on any atom is 0.0315 e. The minimum atomic E-state index is 0.357. The Bertz CT molecular complexity index is 445. The molecule has 94 valence electrons. The van der Waals surface area contributed by atoms with Gasteiger partial charge in [-0.25, -0.2) is 0 Å². The van der Waals surface area contributed by atoms with Crippen molar-refractivity contribution in [2.45, 2.75) is 17.9 Å². The largest absolute Gasteiger partial charge is 0.309 e. The van der Waals surface area contributed by atoms with E-state index in [9.17, 15) is 0 Å². The molecule has 0 radical (unpaired) electrons. The van der Waals surface area contributed by atoms with E-state index in [0.29, 0.717) is 6.04 Å². The number of aromatic nitrogens is 1. The average molecular weight is 258 g/mol. The molecule has 0 spiro atoms. The monoisotopic (exact) mass is 258 g/mol. The molecule has 3 heteroatoms. The molecule has 1 heterocycles. The summed E-state index contributed by atoms with van der Waals surface area (Å²) in [4.78, 5) is 5.46. The predicted molar refractivity (Wildman–Crippen MR) is 77.8 cm³/mol. The van der Waals surface area contributed by atoms with E-state index >= 15 is 0 Å². The van der Waals surface area contributed by atoms with Crippen LogP contribution in [0.4, 0.5) is 0 Å². The molecule has 1 unspecified atom stereocenters. The van der Waals surface area contributed by atoms with Crippen molar-refractivity contribution in [2.24, 2.45) is 0 Å². The van der Waals surface area contributed by atoms with Crippen LogP contribution in [0.2, 0.25) is 0 Å². The zero-order valence-electron chi connectivity index (χ0n) is 10.5. The molecule has 0 saturated carbocycles. The number of nitrogens with zero attached hydrogens (tertiary/aromatic N) is 1. The number of thioether (sulfide) groups is 1. The van der Waals surface area contributed by atoms with Gasteiger partial charge in [-0.3, -0.25) is 4.98 Å². The van der Waals surface area contributed by atoms with Crippen LogP contribution in [0, 0.1) is 0 Å². The first-order chi connectivity index (χ1) is 8.86.